The van der Waals surface area contributed by atoms with Crippen molar-refractivity contribution >= 4 is 34.6 Å². The first kappa shape index (κ1) is 24.4. The third kappa shape index (κ3) is 4.30. The van der Waals surface area contributed by atoms with E-state index in [1.54, 1.807) is 6.07 Å². The van der Waals surface area contributed by atoms with Gasteiger partial charge in [0, 0.05) is 36.1 Å². The van der Waals surface area contributed by atoms with Crippen LogP contribution in [0.15, 0.2) is 35.4 Å². The third-order valence-electron chi connectivity index (χ3n) is 8.86. The van der Waals surface area contributed by atoms with Crippen LogP contribution in [0.1, 0.15) is 60.3 Å². The summed E-state index contributed by atoms with van der Waals surface area (Å²) in [4.78, 5) is 25.8. The Morgan fingerprint density at radius 3 is 2.68 bits per heavy atom. The second-order valence-corrected chi connectivity index (χ2v) is 11.5. The van der Waals surface area contributed by atoms with Crippen LogP contribution in [-0.4, -0.2) is 65.7 Å². The molecule has 2 aromatic rings. The first-order chi connectivity index (χ1) is 17.9. The van der Waals surface area contributed by atoms with Crippen LogP contribution in [0.25, 0.3) is 4.85 Å². The van der Waals surface area contributed by atoms with Gasteiger partial charge in [0.05, 0.1) is 29.7 Å². The Labute approximate surface area is 223 Å². The van der Waals surface area contributed by atoms with Gasteiger partial charge in [-0.25, -0.2) is 9.83 Å². The summed E-state index contributed by atoms with van der Waals surface area (Å²) >= 11 is 6.44. The van der Waals surface area contributed by atoms with Gasteiger partial charge in [-0.05, 0) is 75.9 Å². The molecule has 0 radical (unpaired) electrons. The largest absolute Gasteiger partial charge is 0.336 e. The zero-order valence-corrected chi connectivity index (χ0v) is 22.3. The molecule has 0 bridgehead atoms. The number of likely N-dealkylation sites (tertiary alicyclic amines) is 1. The lowest BCUT2D eigenvalue weighted by Crippen LogP contribution is -2.41. The summed E-state index contributed by atoms with van der Waals surface area (Å²) < 4.78 is 0. The van der Waals surface area contributed by atoms with Crippen molar-refractivity contribution in [1.29, 1.82) is 0 Å². The van der Waals surface area contributed by atoms with Crippen LogP contribution in [0.4, 0.5) is 11.4 Å². The molecule has 1 amide bonds. The molecule has 1 saturated heterocycles. The number of rotatable bonds is 4. The number of pyridine rings is 1. The quantitative estimate of drug-likeness (QED) is 0.510. The molecule has 2 aliphatic carbocycles. The fourth-order valence-electron chi connectivity index (χ4n) is 6.85. The fraction of sp³-hybridized carbons (Fsp3) is 0.517. The normalized spacial score (nSPS) is 25.5. The molecule has 0 N–H and O–H groups in total. The van der Waals surface area contributed by atoms with E-state index < -0.39 is 0 Å². The van der Waals surface area contributed by atoms with Crippen LogP contribution in [-0.2, 0) is 6.42 Å². The number of aryl methyl sites for hydroxylation is 1. The second-order valence-electron chi connectivity index (χ2n) is 11.1. The lowest BCUT2D eigenvalue weighted by atomic mass is 9.76. The van der Waals surface area contributed by atoms with Gasteiger partial charge in [-0.2, -0.15) is 5.10 Å². The van der Waals surface area contributed by atoms with E-state index in [1.807, 2.05) is 30.1 Å². The van der Waals surface area contributed by atoms with E-state index in [-0.39, 0.29) is 18.0 Å². The van der Waals surface area contributed by atoms with E-state index in [9.17, 15) is 4.79 Å². The predicted octanol–water partition coefficient (Wildman–Crippen LogP) is 5.41. The summed E-state index contributed by atoms with van der Waals surface area (Å²) in [6.07, 6.45) is 7.80. The highest BCUT2D eigenvalue weighted by Gasteiger charge is 2.46. The molecule has 192 valence electrons. The molecule has 8 heteroatoms. The maximum atomic E-state index is 13.3. The number of benzene rings is 1. The molecule has 1 aromatic heterocycles. The van der Waals surface area contributed by atoms with Gasteiger partial charge in [0.25, 0.3) is 5.91 Å². The molecule has 3 atom stereocenters. The van der Waals surface area contributed by atoms with Crippen molar-refractivity contribution in [1.82, 2.24) is 14.8 Å². The number of carbonyl (C=O) groups excluding carboxylic acids is 1. The van der Waals surface area contributed by atoms with Crippen molar-refractivity contribution in [3.63, 3.8) is 0 Å². The SMILES string of the molecule is [C-]#[N+]c1ccc(N2N=C3c4ccc(C(=O)N(C)[C@H]5CCN(C)C5)nc4CCC3C2C2CCCC2)cc1Cl. The Balaban J connectivity index is 1.32. The summed E-state index contributed by atoms with van der Waals surface area (Å²) in [5, 5.41) is 7.84. The molecule has 2 unspecified atom stereocenters. The number of likely N-dealkylation sites (N-methyl/N-ethyl adjacent to an activating group) is 2. The van der Waals surface area contributed by atoms with E-state index in [0.29, 0.717) is 28.2 Å². The zero-order chi connectivity index (χ0) is 25.7. The molecule has 1 aromatic carbocycles. The monoisotopic (exact) mass is 516 g/mol. The second kappa shape index (κ2) is 9.74. The molecule has 6 rings (SSSR count). The Kier molecular flexibility index (Phi) is 6.42. The first-order valence-electron chi connectivity index (χ1n) is 13.5. The Morgan fingerprint density at radius 1 is 1.16 bits per heavy atom. The predicted molar refractivity (Wildman–Crippen MR) is 147 cm³/mol. The van der Waals surface area contributed by atoms with Crippen LogP contribution in [0.2, 0.25) is 5.02 Å². The summed E-state index contributed by atoms with van der Waals surface area (Å²) in [6.45, 7) is 9.27. The molecule has 2 aliphatic heterocycles. The minimum atomic E-state index is -0.00131. The standard InChI is InChI=1S/C29H33ClN6O/c1-31-25-11-8-19(16-23(25)30)36-28(18-6-4-5-7-18)22-10-12-24-21(27(22)33-36)9-13-26(32-24)29(37)35(3)20-14-15-34(2)17-20/h8-9,11,13,16,18,20,22,28H,4-7,10,12,14-15,17H2,2-3H3/t20-,22?,28?/m0/s1. The number of halogens is 1. The van der Waals surface area contributed by atoms with E-state index in [0.717, 1.165) is 55.0 Å². The van der Waals surface area contributed by atoms with Gasteiger partial charge in [-0.3, -0.25) is 9.80 Å². The summed E-state index contributed by atoms with van der Waals surface area (Å²) in [5.41, 5.74) is 5.07. The van der Waals surface area contributed by atoms with Crippen molar-refractivity contribution in [2.75, 3.05) is 32.2 Å². The van der Waals surface area contributed by atoms with Crippen LogP contribution in [0.3, 0.4) is 0 Å². The maximum absolute atomic E-state index is 13.3. The van der Waals surface area contributed by atoms with Gasteiger partial charge in [0.2, 0.25) is 5.69 Å². The summed E-state index contributed by atoms with van der Waals surface area (Å²) in [5.74, 6) is 0.910. The number of hydrogen-bond donors (Lipinski definition) is 0. The number of nitrogens with zero attached hydrogens (tertiary/aromatic N) is 6. The molecule has 3 heterocycles. The van der Waals surface area contributed by atoms with Gasteiger partial charge in [0.15, 0.2) is 0 Å². The summed E-state index contributed by atoms with van der Waals surface area (Å²) in [7, 11) is 4.00. The fourth-order valence-corrected chi connectivity index (χ4v) is 7.06. The van der Waals surface area contributed by atoms with E-state index in [2.05, 4.69) is 27.9 Å². The van der Waals surface area contributed by atoms with Gasteiger partial charge in [-0.15, -0.1) is 0 Å². The number of fused-ring (bicyclic) bond motifs is 3. The van der Waals surface area contributed by atoms with Crippen LogP contribution in [0, 0.1) is 18.4 Å². The van der Waals surface area contributed by atoms with Crippen LogP contribution < -0.4 is 5.01 Å². The Morgan fingerprint density at radius 2 is 1.97 bits per heavy atom. The minimum Gasteiger partial charge on any atom is -0.336 e. The number of anilines is 1. The minimum absolute atomic E-state index is 0.00131. The van der Waals surface area contributed by atoms with Gasteiger partial charge < -0.3 is 9.80 Å². The van der Waals surface area contributed by atoms with Crippen LogP contribution >= 0.6 is 11.6 Å². The molecular formula is C29H33ClN6O. The van der Waals surface area contributed by atoms with E-state index in [1.165, 1.54) is 25.7 Å². The highest BCUT2D eigenvalue weighted by molar-refractivity contribution is 6.33. The van der Waals surface area contributed by atoms with Gasteiger partial charge in [-0.1, -0.05) is 30.5 Å². The van der Waals surface area contributed by atoms with Crippen molar-refractivity contribution < 1.29 is 4.79 Å². The number of aromatic nitrogens is 1. The molecule has 0 spiro atoms. The molecule has 2 fully saturated rings. The Hall–Kier alpha value is -2.95. The number of hydrazone groups is 1. The van der Waals surface area contributed by atoms with E-state index in [4.69, 9.17) is 28.3 Å². The van der Waals surface area contributed by atoms with Crippen molar-refractivity contribution in [3.05, 3.63) is 63.7 Å². The van der Waals surface area contributed by atoms with E-state index >= 15 is 0 Å². The highest BCUT2D eigenvalue weighted by atomic mass is 35.5. The van der Waals surface area contributed by atoms with Gasteiger partial charge in [0.1, 0.15) is 5.69 Å². The van der Waals surface area contributed by atoms with Crippen LogP contribution in [0.5, 0.6) is 0 Å². The molecule has 1 saturated carbocycles. The highest BCUT2D eigenvalue weighted by Crippen LogP contribution is 2.45. The lowest BCUT2D eigenvalue weighted by molar-refractivity contribution is 0.0731. The lowest BCUT2D eigenvalue weighted by Gasteiger charge is -2.34. The number of hydrogen-bond acceptors (Lipinski definition) is 5. The molecule has 37 heavy (non-hydrogen) atoms. The van der Waals surface area contributed by atoms with Crippen molar-refractivity contribution in [2.24, 2.45) is 16.9 Å². The topological polar surface area (TPSA) is 56.4 Å². The number of amides is 1. The van der Waals surface area contributed by atoms with Crippen molar-refractivity contribution in [3.8, 4) is 0 Å². The smallest absolute Gasteiger partial charge is 0.272 e. The third-order valence-corrected chi connectivity index (χ3v) is 9.16. The summed E-state index contributed by atoms with van der Waals surface area (Å²) in [6, 6.07) is 10.1. The molecule has 4 aliphatic rings. The first-order valence-corrected chi connectivity index (χ1v) is 13.8. The Bertz CT molecular complexity index is 1300. The molecular weight excluding hydrogens is 484 g/mol. The van der Waals surface area contributed by atoms with Crippen molar-refractivity contribution in [2.45, 2.75) is 57.0 Å². The zero-order valence-electron chi connectivity index (χ0n) is 21.5. The maximum Gasteiger partial charge on any atom is 0.272 e. The number of carbonyl (C=O) groups is 1. The average molecular weight is 517 g/mol. The average Bonchev–Trinajstić information content (AvgIpc) is 3.67. The van der Waals surface area contributed by atoms with Gasteiger partial charge >= 0.3 is 0 Å². The molecule has 7 nitrogen and oxygen atoms in total.